The third-order valence-electron chi connectivity index (χ3n) is 5.53. The van der Waals surface area contributed by atoms with Gasteiger partial charge < -0.3 is 20.5 Å². The van der Waals surface area contributed by atoms with Crippen molar-refractivity contribution in [2.75, 3.05) is 6.54 Å². The van der Waals surface area contributed by atoms with Crippen molar-refractivity contribution in [3.63, 3.8) is 0 Å². The third-order valence-corrected chi connectivity index (χ3v) is 7.17. The second-order valence-corrected chi connectivity index (χ2v) is 10.3. The number of ether oxygens (including phenoxy) is 1. The number of carboxylic acid groups (broad SMARTS) is 1. The highest BCUT2D eigenvalue weighted by atomic mass is 31.1. The molecule has 0 aliphatic heterocycles. The van der Waals surface area contributed by atoms with Gasteiger partial charge in [0.1, 0.15) is 6.61 Å². The summed E-state index contributed by atoms with van der Waals surface area (Å²) in [5.41, 5.74) is 1.89. The van der Waals surface area contributed by atoms with Gasteiger partial charge in [-0.2, -0.15) is 0 Å². The Morgan fingerprint density at radius 3 is 2.16 bits per heavy atom. The van der Waals surface area contributed by atoms with Gasteiger partial charge in [0.15, 0.2) is 0 Å². The van der Waals surface area contributed by atoms with Crippen LogP contribution in [0.4, 0.5) is 4.79 Å². The van der Waals surface area contributed by atoms with Crippen molar-refractivity contribution in [2.45, 2.75) is 64.4 Å². The minimum Gasteiger partial charge on any atom is -0.479 e. The summed E-state index contributed by atoms with van der Waals surface area (Å²) in [4.78, 5) is 35.9. The molecule has 9 nitrogen and oxygen atoms in total. The molecule has 2 unspecified atom stereocenters. The number of aryl methyl sites for hydroxylation is 1. The Kier molecular flexibility index (Phi) is 13.3. The van der Waals surface area contributed by atoms with Gasteiger partial charge in [-0.15, -0.1) is 4.52 Å². The number of hydrogen-bond donors (Lipinski definition) is 3. The molecule has 0 saturated carbocycles. The minimum absolute atomic E-state index is 0.115. The number of carbonyl (C=O) groups excluding carboxylic acids is 2. The normalized spacial score (nSPS) is 12.9. The number of carbonyl (C=O) groups is 3. The number of amides is 2. The fraction of sp³-hybridized carbons (Fsp3) is 0.444. The van der Waals surface area contributed by atoms with E-state index in [1.165, 1.54) is 0 Å². The Bertz CT molecular complexity index is 1000. The number of hydrogen-bond acceptors (Lipinski definition) is 6. The van der Waals surface area contributed by atoms with Crippen LogP contribution in [0.3, 0.4) is 0 Å². The van der Waals surface area contributed by atoms with Gasteiger partial charge in [-0.25, -0.2) is 9.59 Å². The second-order valence-electron chi connectivity index (χ2n) is 8.94. The van der Waals surface area contributed by atoms with Crippen LogP contribution in [0.25, 0.3) is 0 Å². The zero-order valence-corrected chi connectivity index (χ0v) is 22.2. The summed E-state index contributed by atoms with van der Waals surface area (Å²) in [5, 5.41) is 14.9. The van der Waals surface area contributed by atoms with Crippen LogP contribution in [0.15, 0.2) is 60.7 Å². The van der Waals surface area contributed by atoms with Gasteiger partial charge in [0.05, 0.1) is 0 Å². The Hall–Kier alpha value is -3.29. The average Bonchev–Trinajstić information content (AvgIpc) is 2.89. The molecule has 0 fully saturated rings. The van der Waals surface area contributed by atoms with Crippen molar-refractivity contribution in [1.82, 2.24) is 10.6 Å². The van der Waals surface area contributed by atoms with Crippen molar-refractivity contribution < 1.29 is 33.3 Å². The summed E-state index contributed by atoms with van der Waals surface area (Å²) in [5.74, 6) is -2.52. The molecule has 2 aromatic rings. The molecule has 0 bridgehead atoms. The van der Waals surface area contributed by atoms with Crippen LogP contribution >= 0.6 is 8.03 Å². The summed E-state index contributed by atoms with van der Waals surface area (Å²) >= 11 is 0. The summed E-state index contributed by atoms with van der Waals surface area (Å²) in [6.45, 7) is 4.04. The molecule has 3 atom stereocenters. The van der Waals surface area contributed by atoms with Crippen LogP contribution in [0.2, 0.25) is 0 Å². The van der Waals surface area contributed by atoms with E-state index in [0.29, 0.717) is 25.8 Å². The Labute approximate surface area is 218 Å². The topological polar surface area (TPSA) is 131 Å². The van der Waals surface area contributed by atoms with Gasteiger partial charge in [0.25, 0.3) is 5.78 Å². The first-order valence-electron chi connectivity index (χ1n) is 12.4. The van der Waals surface area contributed by atoms with Crippen LogP contribution < -0.4 is 10.6 Å². The van der Waals surface area contributed by atoms with Crippen LogP contribution in [-0.2, 0) is 36.4 Å². The molecule has 0 aliphatic carbocycles. The Morgan fingerprint density at radius 1 is 0.946 bits per heavy atom. The van der Waals surface area contributed by atoms with Crippen LogP contribution in [0.1, 0.15) is 50.7 Å². The maximum Gasteiger partial charge on any atom is 0.534 e. The molecular weight excluding hydrogens is 495 g/mol. The number of rotatable bonds is 16. The maximum absolute atomic E-state index is 12.9. The minimum atomic E-state index is -2.47. The standard InChI is InChI=1S/C27H35N2O7P/c1-20(2)25(29-24(30)17-16-21-11-5-3-6-12-21)37(34)36-23(26(31)32)15-9-10-18-28-27(33)35-19-22-13-7-4-8-14-22/h3-8,11-14,20,23,25H,9-10,15-19H2,1-2H3,(H2-,28,29,30,31,32,33)/p+1/t23-,25?/m0/s1. The number of aliphatic carboxylic acids is 1. The summed E-state index contributed by atoms with van der Waals surface area (Å²) in [6.07, 6.45) is -0.0374. The Morgan fingerprint density at radius 2 is 1.57 bits per heavy atom. The highest BCUT2D eigenvalue weighted by molar-refractivity contribution is 7.40. The molecule has 10 heteroatoms. The lowest BCUT2D eigenvalue weighted by atomic mass is 10.1. The SMILES string of the molecule is CC(C)C(NC(=O)CCc1ccccc1)[P+](=O)O[C@@H](CCCCNC(=O)OCc1ccccc1)C(=O)O. The highest BCUT2D eigenvalue weighted by Crippen LogP contribution is 2.35. The van der Waals surface area contributed by atoms with Crippen molar-refractivity contribution in [1.29, 1.82) is 0 Å². The zero-order chi connectivity index (χ0) is 27.0. The van der Waals surface area contributed by atoms with E-state index in [0.717, 1.165) is 11.1 Å². The van der Waals surface area contributed by atoms with Crippen LogP contribution in [0, 0.1) is 5.92 Å². The number of benzene rings is 2. The lowest BCUT2D eigenvalue weighted by molar-refractivity contribution is -0.145. The first kappa shape index (κ1) is 29.9. The largest absolute Gasteiger partial charge is 0.534 e. The molecule has 2 amide bonds. The van der Waals surface area contributed by atoms with Crippen LogP contribution in [-0.4, -0.2) is 41.5 Å². The fourth-order valence-electron chi connectivity index (χ4n) is 3.43. The molecule has 0 aliphatic rings. The molecule has 2 rings (SSSR count). The molecule has 0 spiro atoms. The van der Waals surface area contributed by atoms with E-state index in [4.69, 9.17) is 9.26 Å². The molecule has 2 aromatic carbocycles. The molecule has 0 aromatic heterocycles. The van der Waals surface area contributed by atoms with Crippen molar-refractivity contribution in [2.24, 2.45) is 5.92 Å². The van der Waals surface area contributed by atoms with Gasteiger partial charge in [-0.1, -0.05) is 74.5 Å². The number of unbranched alkanes of at least 4 members (excludes halogenated alkanes) is 1. The molecule has 37 heavy (non-hydrogen) atoms. The molecule has 0 radical (unpaired) electrons. The second kappa shape index (κ2) is 16.5. The van der Waals surface area contributed by atoms with Gasteiger partial charge in [-0.05, 0) is 41.4 Å². The lowest BCUT2D eigenvalue weighted by Gasteiger charge is -2.14. The van der Waals surface area contributed by atoms with E-state index in [2.05, 4.69) is 10.6 Å². The zero-order valence-electron chi connectivity index (χ0n) is 21.3. The number of carboxylic acids is 1. The third kappa shape index (κ3) is 12.0. The first-order chi connectivity index (χ1) is 17.8. The smallest absolute Gasteiger partial charge is 0.479 e. The molecule has 0 saturated heterocycles. The summed E-state index contributed by atoms with van der Waals surface area (Å²) < 4.78 is 23.4. The van der Waals surface area contributed by atoms with E-state index < -0.39 is 32.0 Å². The summed E-state index contributed by atoms with van der Waals surface area (Å²) in [6, 6.07) is 18.8. The molecule has 200 valence electrons. The fourth-order valence-corrected chi connectivity index (χ4v) is 4.75. The van der Waals surface area contributed by atoms with E-state index in [9.17, 15) is 24.1 Å². The van der Waals surface area contributed by atoms with Gasteiger partial charge in [0, 0.05) is 18.9 Å². The molecular formula is C27H36N2O7P+. The van der Waals surface area contributed by atoms with Crippen molar-refractivity contribution in [3.05, 3.63) is 71.8 Å². The predicted molar refractivity (Wildman–Crippen MR) is 140 cm³/mol. The highest BCUT2D eigenvalue weighted by Gasteiger charge is 2.41. The van der Waals surface area contributed by atoms with Gasteiger partial charge >= 0.3 is 20.1 Å². The average molecular weight is 532 g/mol. The summed E-state index contributed by atoms with van der Waals surface area (Å²) in [7, 11) is -2.47. The lowest BCUT2D eigenvalue weighted by Crippen LogP contribution is -2.37. The number of alkyl carbamates (subject to hydrolysis) is 1. The maximum atomic E-state index is 12.9. The molecule has 0 heterocycles. The van der Waals surface area contributed by atoms with Gasteiger partial charge in [0.2, 0.25) is 12.0 Å². The number of nitrogens with one attached hydrogen (secondary N) is 2. The van der Waals surface area contributed by atoms with E-state index >= 15 is 0 Å². The van der Waals surface area contributed by atoms with Crippen LogP contribution in [0.5, 0.6) is 0 Å². The molecule has 3 N–H and O–H groups in total. The van der Waals surface area contributed by atoms with E-state index in [1.54, 1.807) is 13.8 Å². The van der Waals surface area contributed by atoms with E-state index in [1.807, 2.05) is 60.7 Å². The quantitative estimate of drug-likeness (QED) is 0.205. The van der Waals surface area contributed by atoms with E-state index in [-0.39, 0.29) is 31.3 Å². The Balaban J connectivity index is 1.72. The van der Waals surface area contributed by atoms with Crippen molar-refractivity contribution >= 4 is 26.0 Å². The van der Waals surface area contributed by atoms with Gasteiger partial charge in [-0.3, -0.25) is 4.79 Å². The first-order valence-corrected chi connectivity index (χ1v) is 13.6. The monoisotopic (exact) mass is 531 g/mol. The van der Waals surface area contributed by atoms with Crippen molar-refractivity contribution in [3.8, 4) is 0 Å². The predicted octanol–water partition coefficient (Wildman–Crippen LogP) is 5.03.